The average Bonchev–Trinajstić information content (AvgIpc) is 2.88. The highest BCUT2D eigenvalue weighted by Gasteiger charge is 2.72. The number of rotatable bonds is 0. The summed E-state index contributed by atoms with van der Waals surface area (Å²) in [7, 11) is 0. The Hall–Kier alpha value is -0.120. The molecule has 3 nitrogen and oxygen atoms in total. The second kappa shape index (κ2) is 4.53. The second-order valence-electron chi connectivity index (χ2n) is 9.25. The first-order valence-corrected chi connectivity index (χ1v) is 9.80. The van der Waals surface area contributed by atoms with Crippen LogP contribution < -0.4 is 0 Å². The zero-order valence-electron chi connectivity index (χ0n) is 13.9. The van der Waals surface area contributed by atoms with E-state index in [4.69, 9.17) is 16.3 Å². The summed E-state index contributed by atoms with van der Waals surface area (Å²) in [6.07, 6.45) is 7.30. The van der Waals surface area contributed by atoms with E-state index in [1.807, 2.05) is 0 Å². The molecule has 128 valence electrons. The van der Waals surface area contributed by atoms with Gasteiger partial charge < -0.3 is 9.84 Å². The summed E-state index contributed by atoms with van der Waals surface area (Å²) in [6, 6.07) is 0. The van der Waals surface area contributed by atoms with Gasteiger partial charge in [-0.1, -0.05) is 6.92 Å². The molecule has 0 spiro atoms. The molecule has 0 amide bonds. The van der Waals surface area contributed by atoms with Crippen molar-refractivity contribution in [2.24, 2.45) is 28.6 Å². The molecule has 1 unspecified atom stereocenters. The van der Waals surface area contributed by atoms with Crippen LogP contribution in [0.25, 0.3) is 0 Å². The van der Waals surface area contributed by atoms with Crippen LogP contribution >= 0.6 is 11.6 Å². The Labute approximate surface area is 143 Å². The Kier molecular flexibility index (Phi) is 2.99. The highest BCUT2D eigenvalue weighted by Crippen LogP contribution is 2.71. The number of hydrogen-bond acceptors (Lipinski definition) is 3. The van der Waals surface area contributed by atoms with Crippen molar-refractivity contribution < 1.29 is 14.6 Å². The maximum absolute atomic E-state index is 12.5. The predicted molar refractivity (Wildman–Crippen MR) is 87.3 cm³/mol. The van der Waals surface area contributed by atoms with E-state index >= 15 is 0 Å². The summed E-state index contributed by atoms with van der Waals surface area (Å²) < 4.78 is 6.24. The van der Waals surface area contributed by atoms with Gasteiger partial charge in [-0.2, -0.15) is 0 Å². The van der Waals surface area contributed by atoms with Crippen LogP contribution in [0.1, 0.15) is 58.3 Å². The zero-order valence-corrected chi connectivity index (χ0v) is 14.6. The maximum atomic E-state index is 12.5. The number of ketones is 1. The number of halogens is 1. The van der Waals surface area contributed by atoms with Gasteiger partial charge in [0.2, 0.25) is 0 Å². The SMILES string of the molecule is C[C@]12CC[C@H]3[C@@H](C[C@H]4OC[C@@]35CCC(O)C[C@]45Cl)[C@@H]1CCC2=O. The molecule has 5 rings (SSSR count). The van der Waals surface area contributed by atoms with Crippen molar-refractivity contribution in [2.75, 3.05) is 6.61 Å². The first-order valence-electron chi connectivity index (χ1n) is 9.43. The molecule has 1 N–H and O–H groups in total. The summed E-state index contributed by atoms with van der Waals surface area (Å²) in [4.78, 5) is 12.1. The number of Topliss-reactive ketones (excluding diaryl/α,β-unsaturated/α-hetero) is 1. The normalized spacial score (nSPS) is 61.0. The Morgan fingerprint density at radius 3 is 2.87 bits per heavy atom. The number of aliphatic hydroxyl groups is 1. The highest BCUT2D eigenvalue weighted by atomic mass is 35.5. The van der Waals surface area contributed by atoms with Crippen LogP contribution in [0.3, 0.4) is 0 Å². The van der Waals surface area contributed by atoms with Crippen LogP contribution in [0.15, 0.2) is 0 Å². The van der Waals surface area contributed by atoms with Gasteiger partial charge in [-0.25, -0.2) is 0 Å². The minimum atomic E-state index is -0.373. The molecule has 4 heteroatoms. The van der Waals surface area contributed by atoms with Gasteiger partial charge in [0.05, 0.1) is 23.7 Å². The van der Waals surface area contributed by atoms with E-state index in [2.05, 4.69) is 6.92 Å². The standard InChI is InChI=1S/C19H27ClO3/c1-17-6-5-14-12(13(17)2-3-15(17)22)8-16-19(20)9-11(21)4-7-18(14,19)10-23-16/h11-14,16,21H,2-10H2,1H3/t11?,12-,13-,14-,16+,17-,18-,19-/m0/s1. The lowest BCUT2D eigenvalue weighted by molar-refractivity contribution is -0.137. The van der Waals surface area contributed by atoms with Crippen molar-refractivity contribution >= 4 is 17.4 Å². The summed E-state index contributed by atoms with van der Waals surface area (Å²) in [5.74, 6) is 2.20. The average molecular weight is 339 g/mol. The van der Waals surface area contributed by atoms with Crippen molar-refractivity contribution in [2.45, 2.75) is 75.4 Å². The molecule has 5 fully saturated rings. The molecule has 4 aliphatic carbocycles. The van der Waals surface area contributed by atoms with Crippen LogP contribution in [0.2, 0.25) is 0 Å². The fourth-order valence-corrected chi connectivity index (χ4v) is 8.10. The molecule has 4 saturated carbocycles. The van der Waals surface area contributed by atoms with Crippen LogP contribution in [-0.2, 0) is 9.53 Å². The minimum Gasteiger partial charge on any atom is -0.393 e. The monoisotopic (exact) mass is 338 g/mol. The molecule has 5 aliphatic rings. The molecule has 8 atom stereocenters. The third kappa shape index (κ3) is 1.63. The van der Waals surface area contributed by atoms with Gasteiger partial charge in [0.15, 0.2) is 0 Å². The lowest BCUT2D eigenvalue weighted by Gasteiger charge is -2.61. The maximum Gasteiger partial charge on any atom is 0.139 e. The predicted octanol–water partition coefficient (Wildman–Crippen LogP) is 3.31. The summed E-state index contributed by atoms with van der Waals surface area (Å²) in [6.45, 7) is 2.99. The number of fused-ring (bicyclic) bond motifs is 3. The van der Waals surface area contributed by atoms with Crippen LogP contribution in [-0.4, -0.2) is 34.6 Å². The lowest BCUT2D eigenvalue weighted by atomic mass is 9.45. The van der Waals surface area contributed by atoms with Crippen LogP contribution in [0, 0.1) is 28.6 Å². The number of ether oxygens (including phenoxy) is 1. The highest BCUT2D eigenvalue weighted by molar-refractivity contribution is 6.25. The van der Waals surface area contributed by atoms with Gasteiger partial charge >= 0.3 is 0 Å². The van der Waals surface area contributed by atoms with Crippen molar-refractivity contribution in [1.82, 2.24) is 0 Å². The number of carbonyl (C=O) groups excluding carboxylic acids is 1. The number of aliphatic hydroxyl groups excluding tert-OH is 1. The Balaban J connectivity index is 1.56. The Morgan fingerprint density at radius 2 is 2.04 bits per heavy atom. The van der Waals surface area contributed by atoms with Gasteiger partial charge in [0.25, 0.3) is 0 Å². The number of hydrogen-bond donors (Lipinski definition) is 1. The molecular formula is C19H27ClO3. The first kappa shape index (κ1) is 15.2. The fourth-order valence-electron chi connectivity index (χ4n) is 7.48. The van der Waals surface area contributed by atoms with Crippen molar-refractivity contribution in [3.63, 3.8) is 0 Å². The molecule has 0 aromatic rings. The zero-order chi connectivity index (χ0) is 16.0. The van der Waals surface area contributed by atoms with Gasteiger partial charge in [-0.3, -0.25) is 4.79 Å². The molecule has 0 aromatic heterocycles. The van der Waals surface area contributed by atoms with Gasteiger partial charge in [0.1, 0.15) is 5.78 Å². The lowest BCUT2D eigenvalue weighted by Crippen LogP contribution is -2.63. The minimum absolute atomic E-state index is 0.0360. The molecule has 1 aliphatic heterocycles. The molecule has 0 radical (unpaired) electrons. The van der Waals surface area contributed by atoms with Crippen LogP contribution in [0.4, 0.5) is 0 Å². The Morgan fingerprint density at radius 1 is 1.22 bits per heavy atom. The van der Waals surface area contributed by atoms with E-state index in [1.165, 1.54) is 0 Å². The topological polar surface area (TPSA) is 46.5 Å². The van der Waals surface area contributed by atoms with E-state index in [-0.39, 0.29) is 27.9 Å². The summed E-state index contributed by atoms with van der Waals surface area (Å²) in [5, 5.41) is 10.2. The van der Waals surface area contributed by atoms with E-state index in [9.17, 15) is 9.90 Å². The van der Waals surface area contributed by atoms with Gasteiger partial charge in [0, 0.05) is 17.3 Å². The molecule has 0 aromatic carbocycles. The van der Waals surface area contributed by atoms with E-state index in [1.54, 1.807) is 0 Å². The number of alkyl halides is 1. The van der Waals surface area contributed by atoms with Crippen molar-refractivity contribution in [3.05, 3.63) is 0 Å². The molecule has 1 heterocycles. The summed E-state index contributed by atoms with van der Waals surface area (Å²) >= 11 is 7.20. The largest absolute Gasteiger partial charge is 0.393 e. The third-order valence-electron chi connectivity index (χ3n) is 8.68. The van der Waals surface area contributed by atoms with E-state index in [0.29, 0.717) is 30.0 Å². The third-order valence-corrected chi connectivity index (χ3v) is 9.45. The number of carbonyl (C=O) groups is 1. The van der Waals surface area contributed by atoms with Gasteiger partial charge in [-0.05, 0) is 62.7 Å². The molecule has 23 heavy (non-hydrogen) atoms. The Bertz CT molecular complexity index is 565. The van der Waals surface area contributed by atoms with E-state index in [0.717, 1.165) is 51.6 Å². The van der Waals surface area contributed by atoms with E-state index < -0.39 is 0 Å². The fraction of sp³-hybridized carbons (Fsp3) is 0.947. The van der Waals surface area contributed by atoms with Crippen LogP contribution in [0.5, 0.6) is 0 Å². The first-order chi connectivity index (χ1) is 10.9. The van der Waals surface area contributed by atoms with Gasteiger partial charge in [-0.15, -0.1) is 11.6 Å². The van der Waals surface area contributed by atoms with Crippen molar-refractivity contribution in [1.29, 1.82) is 0 Å². The molecule has 2 bridgehead atoms. The second-order valence-corrected chi connectivity index (χ2v) is 9.92. The molecular weight excluding hydrogens is 312 g/mol. The molecule has 1 saturated heterocycles. The summed E-state index contributed by atoms with van der Waals surface area (Å²) in [5.41, 5.74) is -0.0495. The smallest absolute Gasteiger partial charge is 0.139 e. The quantitative estimate of drug-likeness (QED) is 0.689. The van der Waals surface area contributed by atoms with Crippen molar-refractivity contribution in [3.8, 4) is 0 Å².